The normalized spacial score (nSPS) is 31.0. The lowest BCUT2D eigenvalue weighted by atomic mass is 9.94. The highest BCUT2D eigenvalue weighted by Gasteiger charge is 2.56. The summed E-state index contributed by atoms with van der Waals surface area (Å²) in [7, 11) is 1.22. The number of esters is 6. The average Bonchev–Trinajstić information content (AvgIpc) is 2.90. The van der Waals surface area contributed by atoms with Crippen molar-refractivity contribution in [3.8, 4) is 0 Å². The Bertz CT molecular complexity index is 1110. The third-order valence-electron chi connectivity index (χ3n) is 6.24. The van der Waals surface area contributed by atoms with Gasteiger partial charge in [-0.2, -0.15) is 0 Å². The Hall–Kier alpha value is -3.87. The Labute approximate surface area is 258 Å². The highest BCUT2D eigenvalue weighted by molar-refractivity contribution is 5.74. The molecule has 0 unspecified atom stereocenters. The van der Waals surface area contributed by atoms with Crippen LogP contribution in [-0.4, -0.2) is 123 Å². The van der Waals surface area contributed by atoms with E-state index in [1.165, 1.54) is 7.11 Å². The van der Waals surface area contributed by atoms with Crippen LogP contribution in [0.25, 0.3) is 0 Å². The van der Waals surface area contributed by atoms with Crippen LogP contribution >= 0.6 is 0 Å². The summed E-state index contributed by atoms with van der Waals surface area (Å²) in [6.45, 7) is 6.72. The number of hydrogen-bond acceptors (Lipinski definition) is 17. The van der Waals surface area contributed by atoms with Gasteiger partial charge < -0.3 is 52.7 Å². The summed E-state index contributed by atoms with van der Waals surface area (Å²) >= 11 is 0. The van der Waals surface area contributed by atoms with Crippen molar-refractivity contribution < 1.29 is 80.9 Å². The van der Waals surface area contributed by atoms with Gasteiger partial charge in [-0.1, -0.05) is 0 Å². The second kappa shape index (κ2) is 17.0. The first-order chi connectivity index (χ1) is 21.0. The molecule has 10 atom stereocenters. The number of nitrogens with one attached hydrogen (secondary N) is 1. The Balaban J connectivity index is 2.70. The van der Waals surface area contributed by atoms with Crippen molar-refractivity contribution >= 4 is 41.7 Å². The van der Waals surface area contributed by atoms with Crippen LogP contribution in [0.3, 0.4) is 0 Å². The van der Waals surface area contributed by atoms with Gasteiger partial charge in [0.15, 0.2) is 37.0 Å². The van der Waals surface area contributed by atoms with E-state index in [9.17, 15) is 33.6 Å². The molecule has 18 heteroatoms. The van der Waals surface area contributed by atoms with Crippen molar-refractivity contribution in [2.45, 2.75) is 110 Å². The summed E-state index contributed by atoms with van der Waals surface area (Å²) in [6.07, 6.45) is -12.9. The van der Waals surface area contributed by atoms with E-state index < -0.39 is 116 Å². The summed E-state index contributed by atoms with van der Waals surface area (Å²) in [6, 6.07) is -1.42. The average molecular weight is 650 g/mol. The lowest BCUT2D eigenvalue weighted by Crippen LogP contribution is -2.69. The van der Waals surface area contributed by atoms with Crippen LogP contribution in [0.15, 0.2) is 0 Å². The van der Waals surface area contributed by atoms with Crippen LogP contribution in [0.5, 0.6) is 0 Å². The molecule has 254 valence electrons. The smallest absolute Gasteiger partial charge is 0.303 e. The molecule has 2 heterocycles. The highest BCUT2D eigenvalue weighted by Crippen LogP contribution is 2.34. The fourth-order valence-electron chi connectivity index (χ4n) is 4.77. The first-order valence-electron chi connectivity index (χ1n) is 13.8. The van der Waals surface area contributed by atoms with Crippen molar-refractivity contribution in [3.05, 3.63) is 0 Å². The third kappa shape index (κ3) is 11.2. The number of ether oxygens (including phenoxy) is 10. The highest BCUT2D eigenvalue weighted by atomic mass is 16.8. The number of methoxy groups -OCH3 is 1. The number of hydrogen-bond donors (Lipinski definition) is 1. The Morgan fingerprint density at radius 1 is 0.533 bits per heavy atom. The van der Waals surface area contributed by atoms with Crippen LogP contribution in [0.4, 0.5) is 0 Å². The summed E-state index contributed by atoms with van der Waals surface area (Å²) in [5.74, 6) is -5.38. The van der Waals surface area contributed by atoms with E-state index in [0.717, 1.165) is 48.5 Å². The first kappa shape index (κ1) is 37.3. The van der Waals surface area contributed by atoms with E-state index >= 15 is 0 Å². The van der Waals surface area contributed by atoms with Gasteiger partial charge in [-0.25, -0.2) is 0 Å². The minimum Gasteiger partial charge on any atom is -0.463 e. The zero-order chi connectivity index (χ0) is 34.0. The van der Waals surface area contributed by atoms with Gasteiger partial charge in [0, 0.05) is 55.6 Å². The lowest BCUT2D eigenvalue weighted by Gasteiger charge is -2.49. The molecule has 2 fully saturated rings. The zero-order valence-corrected chi connectivity index (χ0v) is 26.1. The maximum Gasteiger partial charge on any atom is 0.303 e. The van der Waals surface area contributed by atoms with E-state index in [4.69, 9.17) is 47.4 Å². The molecular weight excluding hydrogens is 610 g/mol. The van der Waals surface area contributed by atoms with Crippen molar-refractivity contribution in [3.63, 3.8) is 0 Å². The van der Waals surface area contributed by atoms with Crippen LogP contribution in [0.1, 0.15) is 48.5 Å². The molecular formula is C27H39NO17. The SMILES string of the molecule is CO[C@@H]1O[C@H](COC(C)=O)[C@H](OC(C)=O)[C@H](O[C@@H]2O[C@H](COC(C)=O)[C@@H](OC(C)=O)[C@H](OC(C)=O)[C@H]2NC(C)=O)[C@H]1OC(C)=O. The zero-order valence-electron chi connectivity index (χ0n) is 26.1. The van der Waals surface area contributed by atoms with Crippen LogP contribution in [0, 0.1) is 0 Å². The van der Waals surface area contributed by atoms with Crippen molar-refractivity contribution in [2.24, 2.45) is 0 Å². The van der Waals surface area contributed by atoms with Crippen LogP contribution < -0.4 is 5.32 Å². The molecule has 0 aromatic heterocycles. The van der Waals surface area contributed by atoms with Gasteiger partial charge in [-0.05, 0) is 0 Å². The van der Waals surface area contributed by atoms with E-state index in [2.05, 4.69) is 5.32 Å². The largest absolute Gasteiger partial charge is 0.463 e. The molecule has 18 nitrogen and oxygen atoms in total. The Morgan fingerprint density at radius 2 is 0.933 bits per heavy atom. The second-order valence-corrected chi connectivity index (χ2v) is 10.0. The molecule has 1 amide bonds. The van der Waals surface area contributed by atoms with E-state index in [-0.39, 0.29) is 0 Å². The first-order valence-corrected chi connectivity index (χ1v) is 13.8. The standard InChI is InChI=1S/C27H39NO17/c1-11(29)28-20-23(41-16(6)34)21(39-14(4)32)18(9-37-12(2)30)43-26(20)45-24-22(40-15(5)33)19(10-38-13(3)31)44-27(36-8)25(24)42-17(7)35/h18-27H,9-10H2,1-8H3,(H,28,29)/t18-,19-,20-,21-,22+,23-,24+,25-,26+,27-/m1/s1. The minimum absolute atomic E-state index is 0.458. The maximum absolute atomic E-state index is 12.4. The van der Waals surface area contributed by atoms with Gasteiger partial charge in [0.05, 0.1) is 0 Å². The molecule has 2 saturated heterocycles. The molecule has 0 spiro atoms. The molecule has 1 N–H and O–H groups in total. The minimum atomic E-state index is -1.66. The molecule has 2 aliphatic heterocycles. The van der Waals surface area contributed by atoms with Crippen LogP contribution in [0.2, 0.25) is 0 Å². The predicted molar refractivity (Wildman–Crippen MR) is 142 cm³/mol. The third-order valence-corrected chi connectivity index (χ3v) is 6.24. The molecule has 0 bridgehead atoms. The van der Waals surface area contributed by atoms with Gasteiger partial charge in [0.25, 0.3) is 0 Å². The second-order valence-electron chi connectivity index (χ2n) is 10.0. The molecule has 0 aliphatic carbocycles. The van der Waals surface area contributed by atoms with Crippen molar-refractivity contribution in [2.75, 3.05) is 20.3 Å². The van der Waals surface area contributed by atoms with Crippen molar-refractivity contribution in [1.82, 2.24) is 5.32 Å². The molecule has 0 radical (unpaired) electrons. The van der Waals surface area contributed by atoms with Gasteiger partial charge in [-0.15, -0.1) is 0 Å². The van der Waals surface area contributed by atoms with E-state index in [1.54, 1.807) is 0 Å². The molecule has 2 rings (SSSR count). The maximum atomic E-state index is 12.4. The van der Waals surface area contributed by atoms with E-state index in [0.29, 0.717) is 0 Å². The summed E-state index contributed by atoms with van der Waals surface area (Å²) in [5, 5.41) is 2.54. The monoisotopic (exact) mass is 649 g/mol. The Morgan fingerprint density at radius 3 is 1.33 bits per heavy atom. The quantitative estimate of drug-likeness (QED) is 0.194. The number of rotatable bonds is 12. The molecule has 45 heavy (non-hydrogen) atoms. The molecule has 2 aliphatic rings. The molecule has 0 aromatic rings. The molecule has 0 aromatic carbocycles. The number of carbonyl (C=O) groups excluding carboxylic acids is 7. The topological polar surface area (TPSA) is 224 Å². The summed E-state index contributed by atoms with van der Waals surface area (Å²) in [5.41, 5.74) is 0. The fourth-order valence-corrected chi connectivity index (χ4v) is 4.77. The van der Waals surface area contributed by atoms with Gasteiger partial charge in [0.1, 0.15) is 37.6 Å². The number of amides is 1. The molecule has 0 saturated carbocycles. The van der Waals surface area contributed by atoms with Gasteiger partial charge in [-0.3, -0.25) is 33.6 Å². The lowest BCUT2D eigenvalue weighted by molar-refractivity contribution is -0.347. The van der Waals surface area contributed by atoms with Gasteiger partial charge in [0.2, 0.25) is 5.91 Å². The Kier molecular flexibility index (Phi) is 14.1. The fraction of sp³-hybridized carbons (Fsp3) is 0.741. The number of carbonyl (C=O) groups is 7. The van der Waals surface area contributed by atoms with E-state index in [1.807, 2.05) is 0 Å². The van der Waals surface area contributed by atoms with Crippen molar-refractivity contribution in [1.29, 1.82) is 0 Å². The van der Waals surface area contributed by atoms with Crippen LogP contribution in [-0.2, 0) is 80.9 Å². The summed E-state index contributed by atoms with van der Waals surface area (Å²) < 4.78 is 55.5. The van der Waals surface area contributed by atoms with Gasteiger partial charge >= 0.3 is 35.8 Å². The predicted octanol–water partition coefficient (Wildman–Crippen LogP) is -1.17. The summed E-state index contributed by atoms with van der Waals surface area (Å²) in [4.78, 5) is 84.3.